The Morgan fingerprint density at radius 2 is 2.13 bits per heavy atom. The molecule has 2 heterocycles. The molecule has 0 aliphatic heterocycles. The summed E-state index contributed by atoms with van der Waals surface area (Å²) in [6, 6.07) is 5.45. The molecular formula is C10H9N3OS. The van der Waals surface area contributed by atoms with E-state index >= 15 is 0 Å². The molecule has 0 amide bonds. The van der Waals surface area contributed by atoms with E-state index in [9.17, 15) is 0 Å². The number of aromatic nitrogens is 3. The molecule has 76 valence electrons. The third-order valence-electron chi connectivity index (χ3n) is 1.78. The van der Waals surface area contributed by atoms with Crippen molar-refractivity contribution in [2.45, 2.75) is 16.7 Å². The second-order valence-corrected chi connectivity index (χ2v) is 3.78. The lowest BCUT2D eigenvalue weighted by molar-refractivity contribution is 0.278. The van der Waals surface area contributed by atoms with E-state index in [1.54, 1.807) is 24.5 Å². The standard InChI is InChI=1S/C10H9N3OS/c14-6-8-2-1-4-12-10(8)15-9-3-5-11-7-13-9/h1-5,7,14H,6H2. The van der Waals surface area contributed by atoms with E-state index in [1.165, 1.54) is 18.1 Å². The summed E-state index contributed by atoms with van der Waals surface area (Å²) in [5, 5.41) is 10.7. The van der Waals surface area contributed by atoms with Gasteiger partial charge in [0.05, 0.1) is 6.61 Å². The molecule has 0 fully saturated rings. The van der Waals surface area contributed by atoms with Gasteiger partial charge in [-0.05, 0) is 23.9 Å². The van der Waals surface area contributed by atoms with E-state index in [0.29, 0.717) is 0 Å². The van der Waals surface area contributed by atoms with Gasteiger partial charge in [-0.15, -0.1) is 0 Å². The van der Waals surface area contributed by atoms with E-state index in [-0.39, 0.29) is 6.61 Å². The fourth-order valence-corrected chi connectivity index (χ4v) is 1.88. The van der Waals surface area contributed by atoms with Crippen LogP contribution in [0, 0.1) is 0 Å². The molecule has 2 aromatic heterocycles. The third kappa shape index (κ3) is 2.51. The minimum absolute atomic E-state index is 0.0126. The van der Waals surface area contributed by atoms with Crippen molar-refractivity contribution in [3.8, 4) is 0 Å². The number of hydrogen-bond acceptors (Lipinski definition) is 5. The molecule has 2 aromatic rings. The van der Waals surface area contributed by atoms with Crippen LogP contribution in [0.4, 0.5) is 0 Å². The predicted molar refractivity (Wildman–Crippen MR) is 56.3 cm³/mol. The van der Waals surface area contributed by atoms with Crippen molar-refractivity contribution in [3.63, 3.8) is 0 Å². The molecule has 0 aliphatic rings. The average Bonchev–Trinajstić information content (AvgIpc) is 2.31. The summed E-state index contributed by atoms with van der Waals surface area (Å²) in [6.07, 6.45) is 4.86. The monoisotopic (exact) mass is 219 g/mol. The Bertz CT molecular complexity index is 436. The summed E-state index contributed by atoms with van der Waals surface area (Å²) in [6.45, 7) is -0.0126. The zero-order chi connectivity index (χ0) is 10.5. The third-order valence-corrected chi connectivity index (χ3v) is 2.79. The van der Waals surface area contributed by atoms with Crippen LogP contribution in [0.15, 0.2) is 47.0 Å². The molecule has 0 bridgehead atoms. The Hall–Kier alpha value is -1.46. The Kier molecular flexibility index (Phi) is 3.26. The lowest BCUT2D eigenvalue weighted by Crippen LogP contribution is -1.91. The van der Waals surface area contributed by atoms with Gasteiger partial charge in [0.25, 0.3) is 0 Å². The molecule has 0 saturated heterocycles. The van der Waals surface area contributed by atoms with E-state index in [0.717, 1.165) is 15.6 Å². The molecule has 0 saturated carbocycles. The fraction of sp³-hybridized carbons (Fsp3) is 0.100. The first-order valence-corrected chi connectivity index (χ1v) is 5.20. The predicted octanol–water partition coefficient (Wildman–Crippen LogP) is 1.52. The Morgan fingerprint density at radius 1 is 1.20 bits per heavy atom. The van der Waals surface area contributed by atoms with Crippen LogP contribution >= 0.6 is 11.8 Å². The van der Waals surface area contributed by atoms with Crippen molar-refractivity contribution < 1.29 is 5.11 Å². The van der Waals surface area contributed by atoms with Crippen molar-refractivity contribution in [3.05, 3.63) is 42.5 Å². The first-order chi connectivity index (χ1) is 7.40. The normalized spacial score (nSPS) is 10.2. The molecular weight excluding hydrogens is 210 g/mol. The van der Waals surface area contributed by atoms with Crippen LogP contribution in [0.25, 0.3) is 0 Å². The number of aliphatic hydroxyl groups is 1. The van der Waals surface area contributed by atoms with Crippen LogP contribution < -0.4 is 0 Å². The van der Waals surface area contributed by atoms with Crippen LogP contribution in [0.3, 0.4) is 0 Å². The Morgan fingerprint density at radius 3 is 2.87 bits per heavy atom. The van der Waals surface area contributed by atoms with Crippen LogP contribution in [-0.2, 0) is 6.61 Å². The maximum absolute atomic E-state index is 9.11. The smallest absolute Gasteiger partial charge is 0.116 e. The van der Waals surface area contributed by atoms with Crippen LogP contribution in [0.2, 0.25) is 0 Å². The summed E-state index contributed by atoms with van der Waals surface area (Å²) in [5.74, 6) is 0. The first-order valence-electron chi connectivity index (χ1n) is 4.39. The highest BCUT2D eigenvalue weighted by molar-refractivity contribution is 7.99. The summed E-state index contributed by atoms with van der Waals surface area (Å²) in [7, 11) is 0. The van der Waals surface area contributed by atoms with Gasteiger partial charge in [0.15, 0.2) is 0 Å². The second kappa shape index (κ2) is 4.86. The minimum Gasteiger partial charge on any atom is -0.392 e. The van der Waals surface area contributed by atoms with Gasteiger partial charge >= 0.3 is 0 Å². The fourth-order valence-electron chi connectivity index (χ4n) is 1.07. The number of hydrogen-bond donors (Lipinski definition) is 1. The number of nitrogens with zero attached hydrogens (tertiary/aromatic N) is 3. The Labute approximate surface area is 91.4 Å². The maximum Gasteiger partial charge on any atom is 0.116 e. The van der Waals surface area contributed by atoms with Gasteiger partial charge in [-0.1, -0.05) is 6.07 Å². The van der Waals surface area contributed by atoms with Gasteiger partial charge in [-0.3, -0.25) is 0 Å². The molecule has 0 spiro atoms. The van der Waals surface area contributed by atoms with Crippen molar-refractivity contribution in [2.75, 3.05) is 0 Å². The average molecular weight is 219 g/mol. The van der Waals surface area contributed by atoms with Crippen molar-refractivity contribution >= 4 is 11.8 Å². The lowest BCUT2D eigenvalue weighted by Gasteiger charge is -2.03. The summed E-state index contributed by atoms with van der Waals surface area (Å²) < 4.78 is 0. The molecule has 4 nitrogen and oxygen atoms in total. The molecule has 1 N–H and O–H groups in total. The van der Waals surface area contributed by atoms with Crippen LogP contribution in [0.1, 0.15) is 5.56 Å². The van der Waals surface area contributed by atoms with E-state index in [2.05, 4.69) is 15.0 Å². The summed E-state index contributed by atoms with van der Waals surface area (Å²) in [5.41, 5.74) is 0.807. The maximum atomic E-state index is 9.11. The zero-order valence-corrected chi connectivity index (χ0v) is 8.68. The lowest BCUT2D eigenvalue weighted by atomic mass is 10.3. The molecule has 0 atom stereocenters. The topological polar surface area (TPSA) is 58.9 Å². The highest BCUT2D eigenvalue weighted by atomic mass is 32.2. The van der Waals surface area contributed by atoms with E-state index < -0.39 is 0 Å². The minimum atomic E-state index is -0.0126. The van der Waals surface area contributed by atoms with Crippen LogP contribution in [0.5, 0.6) is 0 Å². The summed E-state index contributed by atoms with van der Waals surface area (Å²) >= 11 is 1.42. The van der Waals surface area contributed by atoms with Gasteiger partial charge in [0.1, 0.15) is 16.4 Å². The first kappa shape index (κ1) is 10.1. The molecule has 2 rings (SSSR count). The van der Waals surface area contributed by atoms with Gasteiger partial charge in [-0.2, -0.15) is 0 Å². The molecule has 0 aliphatic carbocycles. The quantitative estimate of drug-likeness (QED) is 0.793. The van der Waals surface area contributed by atoms with Gasteiger partial charge < -0.3 is 5.11 Å². The van der Waals surface area contributed by atoms with Crippen LogP contribution in [-0.4, -0.2) is 20.1 Å². The van der Waals surface area contributed by atoms with Crippen molar-refractivity contribution in [1.82, 2.24) is 15.0 Å². The SMILES string of the molecule is OCc1cccnc1Sc1ccncn1. The molecule has 5 heteroatoms. The number of pyridine rings is 1. The molecule has 0 radical (unpaired) electrons. The highest BCUT2D eigenvalue weighted by Gasteiger charge is 2.04. The zero-order valence-electron chi connectivity index (χ0n) is 7.87. The number of rotatable bonds is 3. The molecule has 0 unspecified atom stereocenters. The highest BCUT2D eigenvalue weighted by Crippen LogP contribution is 2.26. The molecule has 0 aromatic carbocycles. The van der Waals surface area contributed by atoms with Crippen molar-refractivity contribution in [1.29, 1.82) is 0 Å². The van der Waals surface area contributed by atoms with E-state index in [1.807, 2.05) is 6.07 Å². The van der Waals surface area contributed by atoms with Crippen molar-refractivity contribution in [2.24, 2.45) is 0 Å². The largest absolute Gasteiger partial charge is 0.392 e. The van der Waals surface area contributed by atoms with Gasteiger partial charge in [0.2, 0.25) is 0 Å². The summed E-state index contributed by atoms with van der Waals surface area (Å²) in [4.78, 5) is 12.1. The van der Waals surface area contributed by atoms with E-state index in [4.69, 9.17) is 5.11 Å². The Balaban J connectivity index is 2.24. The van der Waals surface area contributed by atoms with Gasteiger partial charge in [-0.25, -0.2) is 15.0 Å². The second-order valence-electron chi connectivity index (χ2n) is 2.78. The number of aliphatic hydroxyl groups excluding tert-OH is 1. The molecule has 15 heavy (non-hydrogen) atoms. The van der Waals surface area contributed by atoms with Gasteiger partial charge in [0, 0.05) is 18.0 Å².